The molecule has 0 fully saturated rings. The van der Waals surface area contributed by atoms with Gasteiger partial charge in [-0.2, -0.15) is 0 Å². The SMILES string of the molecule is O.O.O.O.O.O.O=C1c2cccnc2-c2ncccc21.O=C1c2cccnc2-c2ncccc21.[Ni+2].[Ni+2].[O-][Cl+3]([O-])([O-])[O-].[O-][Cl+3]([O-])([O-])[O-].[O-][Cl+3]([O-])([O-])[O-].[O-][Cl+3]([O-])([O-])[O-].c1ccc(CN(Cc2ccccn2)c2cccc(N(Cc3ccccn3)Cc3ccccn3)c2)nc1. The first-order valence-corrected chi connectivity index (χ1v) is 28.1. The third kappa shape index (κ3) is 34.3. The molecule has 1 aromatic carbocycles. The van der Waals surface area contributed by atoms with E-state index in [1.807, 2.05) is 73.3 Å². The van der Waals surface area contributed by atoms with Crippen LogP contribution in [0.25, 0.3) is 22.8 Å². The van der Waals surface area contributed by atoms with Crippen molar-refractivity contribution in [2.75, 3.05) is 9.80 Å². The van der Waals surface area contributed by atoms with Gasteiger partial charge in [0.05, 0.1) is 71.2 Å². The molecule has 0 saturated heterocycles. The largest absolute Gasteiger partial charge is 2.00 e. The van der Waals surface area contributed by atoms with Crippen LogP contribution in [0.5, 0.6) is 0 Å². The molecule has 34 nitrogen and oxygen atoms in total. The smallest absolute Gasteiger partial charge is 0.412 e. The van der Waals surface area contributed by atoms with Crippen LogP contribution in [0.2, 0.25) is 0 Å². The van der Waals surface area contributed by atoms with Crippen LogP contribution in [-0.2, 0) is 59.2 Å². The first-order valence-electron chi connectivity index (χ1n) is 23.2. The fourth-order valence-electron chi connectivity index (χ4n) is 7.51. The summed E-state index contributed by atoms with van der Waals surface area (Å²) in [7, 11) is -19.8. The fourth-order valence-corrected chi connectivity index (χ4v) is 7.51. The molecular weight excluding hydrogens is 1410 g/mol. The van der Waals surface area contributed by atoms with E-state index < -0.39 is 41.0 Å². The number of nitrogens with zero attached hydrogens (tertiary/aromatic N) is 10. The van der Waals surface area contributed by atoms with Gasteiger partial charge in [-0.15, -0.1) is 41.0 Å². The predicted octanol–water partition coefficient (Wildman–Crippen LogP) is -14.9. The van der Waals surface area contributed by atoms with E-state index in [4.69, 9.17) is 74.5 Å². The minimum atomic E-state index is -4.94. The Kier molecular flexibility index (Phi) is 43.0. The number of anilines is 2. The number of hydrogen-bond donors (Lipinski definition) is 0. The number of fused-ring (bicyclic) bond motifs is 6. The summed E-state index contributed by atoms with van der Waals surface area (Å²) in [5, 5.41) is 0. The van der Waals surface area contributed by atoms with Gasteiger partial charge in [-0.05, 0) is 115 Å². The Bertz CT molecular complexity index is 3060. The molecule has 0 amide bonds. The van der Waals surface area contributed by atoms with Crippen LogP contribution in [0, 0.1) is 41.0 Å². The van der Waals surface area contributed by atoms with E-state index in [2.05, 4.69) is 98.2 Å². The Labute approximate surface area is 549 Å². The Morgan fingerprint density at radius 3 is 0.652 bits per heavy atom. The topological polar surface area (TPSA) is 702 Å². The number of halogens is 4. The first-order chi connectivity index (χ1) is 39.6. The molecule has 2 aliphatic carbocycles. The number of benzene rings is 1. The summed E-state index contributed by atoms with van der Waals surface area (Å²) < 4.78 is 136. The number of carbonyl (C=O) groups is 2. The molecule has 2 aliphatic rings. The average molecular weight is 1460 g/mol. The summed E-state index contributed by atoms with van der Waals surface area (Å²) in [6.45, 7) is 2.73. The molecule has 0 aliphatic heterocycles. The van der Waals surface area contributed by atoms with Crippen LogP contribution in [0.1, 0.15) is 54.6 Å². The Morgan fingerprint density at radius 2 is 0.467 bits per heavy atom. The molecule has 8 aromatic heterocycles. The van der Waals surface area contributed by atoms with E-state index in [-0.39, 0.29) is 77.4 Å². The molecule has 502 valence electrons. The van der Waals surface area contributed by atoms with Gasteiger partial charge < -0.3 is 42.7 Å². The van der Waals surface area contributed by atoms with Crippen molar-refractivity contribution in [1.29, 1.82) is 0 Å². The number of ketones is 2. The van der Waals surface area contributed by atoms with Crippen molar-refractivity contribution < 1.29 is 191 Å². The predicted molar refractivity (Wildman–Crippen MR) is 267 cm³/mol. The van der Waals surface area contributed by atoms with Gasteiger partial charge in [0.15, 0.2) is 11.6 Å². The van der Waals surface area contributed by atoms with Gasteiger partial charge in [0.25, 0.3) is 0 Å². The van der Waals surface area contributed by atoms with Gasteiger partial charge in [-0.1, -0.05) is 30.3 Å². The van der Waals surface area contributed by atoms with E-state index in [0.29, 0.717) is 71.2 Å². The quantitative estimate of drug-likeness (QED) is 0.115. The number of pyridine rings is 8. The molecule has 8 heterocycles. The maximum atomic E-state index is 11.8. The van der Waals surface area contributed by atoms with Gasteiger partial charge >= 0.3 is 33.0 Å². The molecular formula is C52H52Cl4N10Ni2O24. The van der Waals surface area contributed by atoms with Crippen molar-refractivity contribution in [2.45, 2.75) is 26.2 Å². The third-order valence-corrected chi connectivity index (χ3v) is 10.5. The molecule has 0 spiro atoms. The van der Waals surface area contributed by atoms with E-state index in [1.54, 1.807) is 73.3 Å². The zero-order valence-electron chi connectivity index (χ0n) is 46.3. The summed E-state index contributed by atoms with van der Waals surface area (Å²) in [6.07, 6.45) is 14.1. The van der Waals surface area contributed by atoms with Gasteiger partial charge in [-0.3, -0.25) is 49.5 Å². The minimum absolute atomic E-state index is 0. The molecule has 0 bridgehead atoms. The van der Waals surface area contributed by atoms with Crippen molar-refractivity contribution in [3.05, 3.63) is 240 Å². The summed E-state index contributed by atoms with van der Waals surface area (Å²) in [4.78, 5) is 63.2. The monoisotopic (exact) mass is 1460 g/mol. The summed E-state index contributed by atoms with van der Waals surface area (Å²) in [6, 6.07) is 47.0. The van der Waals surface area contributed by atoms with Crippen molar-refractivity contribution in [3.8, 4) is 22.8 Å². The molecule has 12 N–H and O–H groups in total. The van der Waals surface area contributed by atoms with Gasteiger partial charge in [0.2, 0.25) is 0 Å². The molecule has 92 heavy (non-hydrogen) atoms. The van der Waals surface area contributed by atoms with Crippen LogP contribution in [0.4, 0.5) is 11.4 Å². The van der Waals surface area contributed by atoms with Crippen LogP contribution in [0.3, 0.4) is 0 Å². The van der Waals surface area contributed by atoms with Gasteiger partial charge in [0.1, 0.15) is 22.8 Å². The van der Waals surface area contributed by atoms with Crippen molar-refractivity contribution in [1.82, 2.24) is 39.9 Å². The van der Waals surface area contributed by atoms with Crippen LogP contribution >= 0.6 is 0 Å². The second-order valence-corrected chi connectivity index (χ2v) is 19.3. The summed E-state index contributed by atoms with van der Waals surface area (Å²) in [5.41, 5.74) is 11.7. The van der Waals surface area contributed by atoms with Crippen molar-refractivity contribution >= 4 is 22.9 Å². The summed E-state index contributed by atoms with van der Waals surface area (Å²) >= 11 is 0. The molecule has 0 radical (unpaired) electrons. The van der Waals surface area contributed by atoms with Crippen molar-refractivity contribution in [2.24, 2.45) is 0 Å². The Balaban J connectivity index is -0.000000576. The molecule has 11 rings (SSSR count). The Morgan fingerprint density at radius 1 is 0.272 bits per heavy atom. The second kappa shape index (κ2) is 43.5. The standard InChI is InChI=1S/C30H28N6.2C11H6N2O.4ClHO4.2Ni.6H2O/c1-5-16-31-25(10-1)21-35(22-26-11-2-6-17-32-26)29-14-9-15-30(20-29)36(23-27-12-3-7-18-33-27)24-28-13-4-8-19-34-28;2*14-11-7-3-1-5-12-9(7)10-8(11)4-2-6-13-10;4*2-1(3,4)5;;;;;;;;/h1-20H,21-24H2;2*1-6H;4*(H,2,3,4,5);;;6*1H2/q;;;;;;;2*+2;;;;;;/p-4. The molecule has 0 saturated carbocycles. The number of rotatable bonds is 10. The Hall–Kier alpha value is -7.37. The molecule has 40 heteroatoms. The zero-order chi connectivity index (χ0) is 61.5. The third-order valence-electron chi connectivity index (χ3n) is 10.5. The number of hydrogen-bond acceptors (Lipinski definition) is 28. The van der Waals surface area contributed by atoms with Crippen LogP contribution < -0.4 is 84.3 Å². The maximum absolute atomic E-state index is 11.8. The number of aromatic nitrogens is 8. The zero-order valence-corrected chi connectivity index (χ0v) is 51.3. The van der Waals surface area contributed by atoms with Crippen LogP contribution in [0.15, 0.2) is 195 Å². The van der Waals surface area contributed by atoms with Gasteiger partial charge in [0, 0.05) is 60.9 Å². The molecule has 0 unspecified atom stereocenters. The minimum Gasteiger partial charge on any atom is -0.412 e. The number of carbonyl (C=O) groups excluding carboxylic acids is 2. The normalized spacial score (nSPS) is 10.6. The average Bonchev–Trinajstić information content (AvgIpc) is 1.63. The summed E-state index contributed by atoms with van der Waals surface area (Å²) in [5.74, 6) is 0.0485. The maximum Gasteiger partial charge on any atom is 2.00 e. The second-order valence-electron chi connectivity index (χ2n) is 16.3. The van der Waals surface area contributed by atoms with E-state index in [0.717, 1.165) is 34.2 Å². The first kappa shape index (κ1) is 91.0. The van der Waals surface area contributed by atoms with E-state index >= 15 is 0 Å². The van der Waals surface area contributed by atoms with E-state index in [1.165, 1.54) is 0 Å². The van der Waals surface area contributed by atoms with Gasteiger partial charge in [-0.25, -0.2) is 74.5 Å². The van der Waals surface area contributed by atoms with Crippen LogP contribution in [-0.4, -0.2) is 84.3 Å². The van der Waals surface area contributed by atoms with E-state index in [9.17, 15) is 9.59 Å². The van der Waals surface area contributed by atoms with Crippen molar-refractivity contribution in [3.63, 3.8) is 0 Å². The fraction of sp³-hybridized carbons (Fsp3) is 0.0769. The molecule has 0 atom stereocenters. The molecule has 9 aromatic rings.